The van der Waals surface area contributed by atoms with Crippen LogP contribution in [-0.2, 0) is 16.7 Å². The number of hydrogen-bond donors (Lipinski definition) is 1. The van der Waals surface area contributed by atoms with Crippen LogP contribution in [0.2, 0.25) is 0 Å². The minimum Gasteiger partial charge on any atom is -0.263 e. The molecule has 1 N–H and O–H groups in total. The summed E-state index contributed by atoms with van der Waals surface area (Å²) in [6.07, 6.45) is 4.33. The molecule has 4 rings (SSSR count). The third-order valence-electron chi connectivity index (χ3n) is 4.31. The van der Waals surface area contributed by atoms with E-state index in [1.807, 2.05) is 0 Å². The van der Waals surface area contributed by atoms with Gasteiger partial charge in [0.25, 0.3) is 10.0 Å². The van der Waals surface area contributed by atoms with E-state index in [0.29, 0.717) is 16.6 Å². The lowest BCUT2D eigenvalue weighted by Gasteiger charge is -2.11. The van der Waals surface area contributed by atoms with Gasteiger partial charge in [-0.2, -0.15) is 0 Å². The number of fused-ring (bicyclic) bond motifs is 1. The molecule has 0 saturated heterocycles. The number of sulfonamides is 1. The first-order valence-corrected chi connectivity index (χ1v) is 10.8. The quantitative estimate of drug-likeness (QED) is 0.453. The molecule has 0 aliphatic heterocycles. The Labute approximate surface area is 175 Å². The largest absolute Gasteiger partial charge is 0.263 e. The van der Waals surface area contributed by atoms with Crippen molar-refractivity contribution in [3.63, 3.8) is 0 Å². The van der Waals surface area contributed by atoms with Crippen molar-refractivity contribution in [1.29, 1.82) is 0 Å². The number of nitrogens with one attached hydrogen (secondary N) is 1. The highest BCUT2D eigenvalue weighted by Gasteiger charge is 2.17. The molecule has 29 heavy (non-hydrogen) atoms. The molecule has 0 amide bonds. The molecule has 2 aromatic heterocycles. The number of hydrogen-bond acceptors (Lipinski definition) is 5. The molecule has 0 aliphatic carbocycles. The number of pyridine rings is 1. The molecular weight excluding hydrogens is 459 g/mol. The van der Waals surface area contributed by atoms with Crippen molar-refractivity contribution in [3.8, 4) is 11.3 Å². The van der Waals surface area contributed by atoms with Crippen LogP contribution in [0, 0.1) is 0 Å². The predicted octanol–water partition coefficient (Wildman–Crippen LogP) is 4.72. The van der Waals surface area contributed by atoms with Gasteiger partial charge in [0, 0.05) is 27.8 Å². The summed E-state index contributed by atoms with van der Waals surface area (Å²) in [5, 5.41) is 1.49. The summed E-state index contributed by atoms with van der Waals surface area (Å²) >= 11 is 3.47. The maximum absolute atomic E-state index is 12.9. The number of anilines is 1. The summed E-state index contributed by atoms with van der Waals surface area (Å²) < 4.78 is 41.4. The van der Waals surface area contributed by atoms with E-state index in [0.717, 1.165) is 15.4 Å². The molecule has 2 heterocycles. The lowest BCUT2D eigenvalue weighted by atomic mass is 10.0. The van der Waals surface area contributed by atoms with E-state index in [2.05, 4.69) is 35.6 Å². The van der Waals surface area contributed by atoms with E-state index in [1.165, 1.54) is 24.7 Å². The van der Waals surface area contributed by atoms with Crippen molar-refractivity contribution in [3.05, 3.63) is 77.3 Å². The first kappa shape index (κ1) is 19.4. The normalized spacial score (nSPS) is 11.5. The number of benzene rings is 2. The van der Waals surface area contributed by atoms with Gasteiger partial charge in [-0.05, 0) is 41.3 Å². The summed E-state index contributed by atoms with van der Waals surface area (Å²) in [5.41, 5.74) is 2.03. The van der Waals surface area contributed by atoms with Crippen LogP contribution in [0.1, 0.15) is 5.56 Å². The molecule has 0 unspecified atom stereocenters. The van der Waals surface area contributed by atoms with Gasteiger partial charge in [0.05, 0.1) is 10.6 Å². The van der Waals surface area contributed by atoms with Gasteiger partial charge in [-0.25, -0.2) is 22.8 Å². The van der Waals surface area contributed by atoms with Crippen molar-refractivity contribution in [2.75, 3.05) is 4.72 Å². The zero-order chi connectivity index (χ0) is 20.4. The third-order valence-corrected chi connectivity index (χ3v) is 6.32. The van der Waals surface area contributed by atoms with Gasteiger partial charge in [0.1, 0.15) is 18.8 Å². The Balaban J connectivity index is 1.77. The Morgan fingerprint density at radius 3 is 2.59 bits per heavy atom. The van der Waals surface area contributed by atoms with Crippen LogP contribution >= 0.6 is 15.9 Å². The Hall–Kier alpha value is -2.91. The second kappa shape index (κ2) is 7.84. The first-order chi connectivity index (χ1) is 14.0. The molecule has 4 aromatic rings. The molecule has 0 aliphatic rings. The van der Waals surface area contributed by atoms with Gasteiger partial charge in [-0.3, -0.25) is 9.71 Å². The average Bonchev–Trinajstić information content (AvgIpc) is 2.73. The topological polar surface area (TPSA) is 84.8 Å². The minimum absolute atomic E-state index is 0.104. The van der Waals surface area contributed by atoms with Gasteiger partial charge < -0.3 is 0 Å². The summed E-state index contributed by atoms with van der Waals surface area (Å²) in [6, 6.07) is 13.2. The fourth-order valence-corrected chi connectivity index (χ4v) is 4.58. The fraction of sp³-hybridized carbons (Fsp3) is 0.0500. The summed E-state index contributed by atoms with van der Waals surface area (Å²) in [6.45, 7) is -0.553. The lowest BCUT2D eigenvalue weighted by Crippen LogP contribution is -2.13. The van der Waals surface area contributed by atoms with Crippen molar-refractivity contribution < 1.29 is 12.8 Å². The maximum atomic E-state index is 12.9. The lowest BCUT2D eigenvalue weighted by molar-refractivity contribution is 0.485. The summed E-state index contributed by atoms with van der Waals surface area (Å²) in [4.78, 5) is 12.2. The van der Waals surface area contributed by atoms with Gasteiger partial charge in [0.2, 0.25) is 0 Å². The number of alkyl halides is 1. The van der Waals surface area contributed by atoms with Crippen molar-refractivity contribution in [2.24, 2.45) is 0 Å². The number of aromatic nitrogens is 3. The van der Waals surface area contributed by atoms with Crippen LogP contribution in [0.4, 0.5) is 10.2 Å². The van der Waals surface area contributed by atoms with Gasteiger partial charge in [-0.15, -0.1) is 0 Å². The van der Waals surface area contributed by atoms with Crippen LogP contribution in [0.15, 0.2) is 76.6 Å². The Morgan fingerprint density at radius 2 is 1.86 bits per heavy atom. The maximum Gasteiger partial charge on any atom is 0.263 e. The Kier molecular flexibility index (Phi) is 5.25. The van der Waals surface area contributed by atoms with E-state index < -0.39 is 16.7 Å². The zero-order valence-electron chi connectivity index (χ0n) is 14.9. The van der Waals surface area contributed by atoms with Crippen LogP contribution in [0.5, 0.6) is 0 Å². The second-order valence-electron chi connectivity index (χ2n) is 6.19. The third kappa shape index (κ3) is 3.96. The molecule has 2 aromatic carbocycles. The van der Waals surface area contributed by atoms with E-state index >= 15 is 0 Å². The minimum atomic E-state index is -3.81. The number of rotatable bonds is 5. The van der Waals surface area contributed by atoms with Crippen LogP contribution in [-0.4, -0.2) is 23.4 Å². The van der Waals surface area contributed by atoms with Crippen LogP contribution in [0.25, 0.3) is 22.0 Å². The summed E-state index contributed by atoms with van der Waals surface area (Å²) in [7, 11) is -3.81. The molecule has 9 heteroatoms. The number of nitrogens with zero attached hydrogens (tertiary/aromatic N) is 3. The SMILES string of the molecule is O=S(=O)(Nc1ccncn1)c1ccc2c(-c3ccc(CF)cc3Br)nccc2c1. The van der Waals surface area contributed by atoms with Gasteiger partial charge >= 0.3 is 0 Å². The standard InChI is InChI=1S/C20H14BrFN4O2S/c21-18-9-13(11-22)1-3-17(18)20-16-4-2-15(10-14(16)5-8-24-20)29(27,28)26-19-6-7-23-12-25-19/h1-10,12H,11H2,(H,23,25,26). The van der Waals surface area contributed by atoms with Gasteiger partial charge in [-0.1, -0.05) is 34.1 Å². The highest BCUT2D eigenvalue weighted by Crippen LogP contribution is 2.33. The van der Waals surface area contributed by atoms with Crippen LogP contribution in [0.3, 0.4) is 0 Å². The van der Waals surface area contributed by atoms with E-state index in [4.69, 9.17) is 0 Å². The molecule has 6 nitrogen and oxygen atoms in total. The summed E-state index contributed by atoms with van der Waals surface area (Å²) in [5.74, 6) is 0.187. The van der Waals surface area contributed by atoms with Crippen molar-refractivity contribution in [2.45, 2.75) is 11.6 Å². The van der Waals surface area contributed by atoms with Gasteiger partial charge in [0.15, 0.2) is 0 Å². The zero-order valence-corrected chi connectivity index (χ0v) is 17.3. The van der Waals surface area contributed by atoms with Crippen molar-refractivity contribution in [1.82, 2.24) is 15.0 Å². The van der Waals surface area contributed by atoms with E-state index in [1.54, 1.807) is 42.6 Å². The fourth-order valence-electron chi connectivity index (χ4n) is 2.92. The number of halogens is 2. The highest BCUT2D eigenvalue weighted by atomic mass is 79.9. The van der Waals surface area contributed by atoms with E-state index in [-0.39, 0.29) is 10.7 Å². The van der Waals surface area contributed by atoms with E-state index in [9.17, 15) is 12.8 Å². The molecule has 0 bridgehead atoms. The molecule has 0 spiro atoms. The second-order valence-corrected chi connectivity index (χ2v) is 8.73. The molecular formula is C20H14BrFN4O2S. The molecule has 0 atom stereocenters. The molecule has 0 fully saturated rings. The molecule has 0 radical (unpaired) electrons. The van der Waals surface area contributed by atoms with Crippen molar-refractivity contribution >= 4 is 42.5 Å². The monoisotopic (exact) mass is 472 g/mol. The molecule has 146 valence electrons. The molecule has 0 saturated carbocycles. The Morgan fingerprint density at radius 1 is 1.00 bits per heavy atom. The highest BCUT2D eigenvalue weighted by molar-refractivity contribution is 9.10. The van der Waals surface area contributed by atoms with Crippen LogP contribution < -0.4 is 4.72 Å². The first-order valence-electron chi connectivity index (χ1n) is 8.50. The predicted molar refractivity (Wildman–Crippen MR) is 113 cm³/mol. The average molecular weight is 473 g/mol. The smallest absolute Gasteiger partial charge is 0.263 e. The Bertz CT molecular complexity index is 1300.